The number of rotatable bonds is 5. The average molecular weight is 313 g/mol. The van der Waals surface area contributed by atoms with E-state index in [9.17, 15) is 9.59 Å². The van der Waals surface area contributed by atoms with E-state index in [1.807, 2.05) is 26.8 Å². The lowest BCUT2D eigenvalue weighted by molar-refractivity contribution is -0.144. The Morgan fingerprint density at radius 1 is 1.38 bits per heavy atom. The summed E-state index contributed by atoms with van der Waals surface area (Å²) < 4.78 is 4.88. The van der Waals surface area contributed by atoms with Crippen LogP contribution in [0.1, 0.15) is 26.3 Å². The van der Waals surface area contributed by atoms with E-state index in [4.69, 9.17) is 16.3 Å². The summed E-state index contributed by atoms with van der Waals surface area (Å²) in [6.07, 6.45) is 0. The van der Waals surface area contributed by atoms with Gasteiger partial charge in [-0.05, 0) is 45.4 Å². The van der Waals surface area contributed by atoms with E-state index in [0.29, 0.717) is 17.3 Å². The maximum atomic E-state index is 12.3. The smallest absolute Gasteiger partial charge is 0.325 e. The third-order valence-electron chi connectivity index (χ3n) is 2.91. The monoisotopic (exact) mass is 312 g/mol. The molecule has 0 spiro atoms. The fourth-order valence-corrected chi connectivity index (χ4v) is 1.88. The Bertz CT molecular complexity index is 518. The molecule has 6 heteroatoms. The number of anilines is 1. The molecule has 0 aliphatic carbocycles. The second kappa shape index (κ2) is 7.88. The Morgan fingerprint density at radius 2 is 2.05 bits per heavy atom. The largest absolute Gasteiger partial charge is 0.465 e. The van der Waals surface area contributed by atoms with Crippen molar-refractivity contribution in [3.63, 3.8) is 0 Å². The molecular weight excluding hydrogens is 292 g/mol. The van der Waals surface area contributed by atoms with Crippen LogP contribution in [0.25, 0.3) is 0 Å². The van der Waals surface area contributed by atoms with E-state index in [2.05, 4.69) is 5.32 Å². The van der Waals surface area contributed by atoms with E-state index in [1.165, 1.54) is 4.90 Å². The van der Waals surface area contributed by atoms with Crippen molar-refractivity contribution in [2.24, 2.45) is 0 Å². The summed E-state index contributed by atoms with van der Waals surface area (Å²) in [6.45, 7) is 7.49. The molecule has 1 aromatic carbocycles. The van der Waals surface area contributed by atoms with Crippen molar-refractivity contribution in [2.75, 3.05) is 18.5 Å². The number of carbonyl (C=O) groups excluding carboxylic acids is 2. The van der Waals surface area contributed by atoms with E-state index in [0.717, 1.165) is 5.56 Å². The van der Waals surface area contributed by atoms with E-state index >= 15 is 0 Å². The number of carbonyl (C=O) groups is 2. The van der Waals surface area contributed by atoms with Crippen LogP contribution >= 0.6 is 11.6 Å². The number of ether oxygens (including phenoxy) is 1. The molecule has 0 aromatic heterocycles. The lowest BCUT2D eigenvalue weighted by Gasteiger charge is -2.26. The fourth-order valence-electron chi connectivity index (χ4n) is 1.70. The second-order valence-corrected chi connectivity index (χ2v) is 5.33. The molecular formula is C15H21ClN2O3. The SMILES string of the molecule is CCOC(=O)CN(C(=O)Nc1ccc(C)c(Cl)c1)C(C)C. The van der Waals surface area contributed by atoms with Crippen LogP contribution in [0.5, 0.6) is 0 Å². The summed E-state index contributed by atoms with van der Waals surface area (Å²) in [4.78, 5) is 25.2. The number of urea groups is 1. The van der Waals surface area contributed by atoms with Gasteiger partial charge in [-0.3, -0.25) is 4.79 Å². The Hall–Kier alpha value is -1.75. The summed E-state index contributed by atoms with van der Waals surface area (Å²) in [5, 5.41) is 3.31. The molecule has 0 saturated carbocycles. The summed E-state index contributed by atoms with van der Waals surface area (Å²) >= 11 is 6.03. The van der Waals surface area contributed by atoms with Crippen LogP contribution in [0.4, 0.5) is 10.5 Å². The van der Waals surface area contributed by atoms with Crippen LogP contribution < -0.4 is 5.32 Å². The highest BCUT2D eigenvalue weighted by molar-refractivity contribution is 6.31. The van der Waals surface area contributed by atoms with Gasteiger partial charge in [0.25, 0.3) is 0 Å². The lowest BCUT2D eigenvalue weighted by Crippen LogP contribution is -2.43. The van der Waals surface area contributed by atoms with Crippen molar-refractivity contribution in [3.05, 3.63) is 28.8 Å². The average Bonchev–Trinajstić information content (AvgIpc) is 2.40. The maximum Gasteiger partial charge on any atom is 0.325 e. The van der Waals surface area contributed by atoms with Gasteiger partial charge >= 0.3 is 12.0 Å². The zero-order chi connectivity index (χ0) is 16.0. The molecule has 1 rings (SSSR count). The number of hydrogen-bond donors (Lipinski definition) is 1. The molecule has 0 heterocycles. The Kier molecular flexibility index (Phi) is 6.49. The van der Waals surface area contributed by atoms with Gasteiger partial charge < -0.3 is 15.0 Å². The van der Waals surface area contributed by atoms with Crippen molar-refractivity contribution < 1.29 is 14.3 Å². The number of amides is 2. The number of esters is 1. The van der Waals surface area contributed by atoms with Crippen LogP contribution in [0.15, 0.2) is 18.2 Å². The molecule has 1 aromatic rings. The summed E-state index contributed by atoms with van der Waals surface area (Å²) in [6, 6.07) is 4.77. The topological polar surface area (TPSA) is 58.6 Å². The standard InChI is InChI=1S/C15H21ClN2O3/c1-5-21-14(19)9-18(10(2)3)15(20)17-12-7-6-11(4)13(16)8-12/h6-8,10H,5,9H2,1-4H3,(H,17,20). The summed E-state index contributed by atoms with van der Waals surface area (Å²) in [7, 11) is 0. The van der Waals surface area contributed by atoms with Gasteiger partial charge in [-0.25, -0.2) is 4.79 Å². The first-order valence-corrected chi connectivity index (χ1v) is 7.22. The fraction of sp³-hybridized carbons (Fsp3) is 0.467. The molecule has 0 fully saturated rings. The minimum absolute atomic E-state index is 0.0864. The molecule has 1 N–H and O–H groups in total. The third kappa shape index (κ3) is 5.27. The molecule has 0 radical (unpaired) electrons. The molecule has 0 saturated heterocycles. The first-order chi connectivity index (χ1) is 9.85. The number of nitrogens with zero attached hydrogens (tertiary/aromatic N) is 1. The van der Waals surface area contributed by atoms with Crippen LogP contribution in [0, 0.1) is 6.92 Å². The quantitative estimate of drug-likeness (QED) is 0.847. The molecule has 21 heavy (non-hydrogen) atoms. The zero-order valence-electron chi connectivity index (χ0n) is 12.8. The molecule has 0 unspecified atom stereocenters. The predicted octanol–water partition coefficient (Wildman–Crippen LogP) is 3.45. The molecule has 0 bridgehead atoms. The van der Waals surface area contributed by atoms with E-state index < -0.39 is 5.97 Å². The van der Waals surface area contributed by atoms with Gasteiger partial charge in [-0.2, -0.15) is 0 Å². The second-order valence-electron chi connectivity index (χ2n) is 4.92. The molecule has 0 aliphatic rings. The third-order valence-corrected chi connectivity index (χ3v) is 3.32. The predicted molar refractivity (Wildman–Crippen MR) is 83.7 cm³/mol. The number of halogens is 1. The zero-order valence-corrected chi connectivity index (χ0v) is 13.5. The van der Waals surface area contributed by atoms with E-state index in [-0.39, 0.29) is 18.6 Å². The summed E-state index contributed by atoms with van der Waals surface area (Å²) in [5.74, 6) is -0.428. The van der Waals surface area contributed by atoms with Crippen molar-refractivity contribution in [1.29, 1.82) is 0 Å². The number of benzene rings is 1. The maximum absolute atomic E-state index is 12.3. The van der Waals surface area contributed by atoms with Gasteiger partial charge in [-0.1, -0.05) is 17.7 Å². The van der Waals surface area contributed by atoms with Gasteiger partial charge in [0, 0.05) is 16.8 Å². The Balaban J connectivity index is 2.76. The lowest BCUT2D eigenvalue weighted by atomic mass is 10.2. The highest BCUT2D eigenvalue weighted by atomic mass is 35.5. The molecule has 2 amide bonds. The van der Waals surface area contributed by atoms with Gasteiger partial charge in [0.05, 0.1) is 6.61 Å². The molecule has 0 aliphatic heterocycles. The van der Waals surface area contributed by atoms with E-state index in [1.54, 1.807) is 19.1 Å². The minimum atomic E-state index is -0.428. The van der Waals surface area contributed by atoms with Crippen molar-refractivity contribution in [3.8, 4) is 0 Å². The van der Waals surface area contributed by atoms with Crippen molar-refractivity contribution >= 4 is 29.3 Å². The Labute approximate surface area is 130 Å². The first-order valence-electron chi connectivity index (χ1n) is 6.84. The van der Waals surface area contributed by atoms with Crippen molar-refractivity contribution in [2.45, 2.75) is 33.7 Å². The number of nitrogens with one attached hydrogen (secondary N) is 1. The number of aryl methyl sites for hydroxylation is 1. The Morgan fingerprint density at radius 3 is 2.57 bits per heavy atom. The molecule has 0 atom stereocenters. The van der Waals surface area contributed by atoms with Gasteiger partial charge in [0.2, 0.25) is 0 Å². The number of hydrogen-bond acceptors (Lipinski definition) is 3. The van der Waals surface area contributed by atoms with Crippen LogP contribution in [-0.2, 0) is 9.53 Å². The minimum Gasteiger partial charge on any atom is -0.465 e. The normalized spacial score (nSPS) is 10.4. The van der Waals surface area contributed by atoms with Crippen molar-refractivity contribution in [1.82, 2.24) is 4.90 Å². The van der Waals surface area contributed by atoms with Gasteiger partial charge in [0.15, 0.2) is 0 Å². The molecule has 116 valence electrons. The first kappa shape index (κ1) is 17.3. The van der Waals surface area contributed by atoms with Crippen LogP contribution in [0.2, 0.25) is 5.02 Å². The van der Waals surface area contributed by atoms with Gasteiger partial charge in [-0.15, -0.1) is 0 Å². The molecule has 5 nitrogen and oxygen atoms in total. The highest BCUT2D eigenvalue weighted by Crippen LogP contribution is 2.20. The summed E-state index contributed by atoms with van der Waals surface area (Å²) in [5.41, 5.74) is 1.52. The highest BCUT2D eigenvalue weighted by Gasteiger charge is 2.21. The van der Waals surface area contributed by atoms with Gasteiger partial charge in [0.1, 0.15) is 6.54 Å². The van der Waals surface area contributed by atoms with Crippen LogP contribution in [-0.4, -0.2) is 36.1 Å². The van der Waals surface area contributed by atoms with Crippen LogP contribution in [0.3, 0.4) is 0 Å².